The summed E-state index contributed by atoms with van der Waals surface area (Å²) >= 11 is 0. The summed E-state index contributed by atoms with van der Waals surface area (Å²) in [6.07, 6.45) is 20.0. The van der Waals surface area contributed by atoms with Crippen LogP contribution in [0.1, 0.15) is 110 Å². The zero-order valence-electron chi connectivity index (χ0n) is 17.9. The van der Waals surface area contributed by atoms with Crippen molar-refractivity contribution in [2.45, 2.75) is 122 Å². The van der Waals surface area contributed by atoms with Crippen LogP contribution in [-0.4, -0.2) is 34.9 Å². The lowest BCUT2D eigenvalue weighted by molar-refractivity contribution is -0.123. The molecular weight excluding hydrogens is 338 g/mol. The fraction of sp³-hybridized carbons (Fsp3) is 0.870. The van der Waals surface area contributed by atoms with E-state index in [1.165, 1.54) is 64.2 Å². The van der Waals surface area contributed by atoms with Gasteiger partial charge in [0, 0.05) is 6.42 Å². The first-order valence-electron chi connectivity index (χ1n) is 11.4. The number of carbonyl (C=O) groups is 1. The van der Waals surface area contributed by atoms with Crippen LogP contribution in [0.3, 0.4) is 0 Å². The number of nitrogens with one attached hydrogen (secondary N) is 1. The molecule has 0 spiro atoms. The first kappa shape index (κ1) is 26.1. The van der Waals surface area contributed by atoms with Crippen molar-refractivity contribution >= 4 is 5.91 Å². The van der Waals surface area contributed by atoms with Gasteiger partial charge >= 0.3 is 0 Å². The molecular formula is C23H45NO3. The van der Waals surface area contributed by atoms with E-state index in [0.29, 0.717) is 6.42 Å². The summed E-state index contributed by atoms with van der Waals surface area (Å²) in [6, 6.07) is -0.608. The molecule has 27 heavy (non-hydrogen) atoms. The molecule has 4 nitrogen and oxygen atoms in total. The normalized spacial score (nSPS) is 13.8. The highest BCUT2D eigenvalue weighted by Crippen LogP contribution is 2.10. The van der Waals surface area contributed by atoms with E-state index in [1.807, 2.05) is 6.08 Å². The largest absolute Gasteiger partial charge is 0.394 e. The average molecular weight is 384 g/mol. The van der Waals surface area contributed by atoms with Gasteiger partial charge in [-0.15, -0.1) is 0 Å². The monoisotopic (exact) mass is 383 g/mol. The van der Waals surface area contributed by atoms with Gasteiger partial charge in [-0.25, -0.2) is 0 Å². The van der Waals surface area contributed by atoms with Crippen molar-refractivity contribution in [3.8, 4) is 0 Å². The van der Waals surface area contributed by atoms with Gasteiger partial charge in [0.05, 0.1) is 18.8 Å². The minimum absolute atomic E-state index is 0.0796. The molecule has 1 amide bonds. The number of hydrogen-bond donors (Lipinski definition) is 3. The van der Waals surface area contributed by atoms with Crippen LogP contribution in [-0.2, 0) is 4.79 Å². The van der Waals surface area contributed by atoms with Gasteiger partial charge in [-0.1, -0.05) is 96.6 Å². The van der Waals surface area contributed by atoms with Crippen LogP contribution in [0.15, 0.2) is 12.2 Å². The van der Waals surface area contributed by atoms with Gasteiger partial charge in [-0.05, 0) is 19.3 Å². The Kier molecular flexibility index (Phi) is 19.2. The van der Waals surface area contributed by atoms with Gasteiger partial charge < -0.3 is 15.5 Å². The van der Waals surface area contributed by atoms with E-state index in [-0.39, 0.29) is 12.5 Å². The predicted molar refractivity (Wildman–Crippen MR) is 115 cm³/mol. The molecule has 0 aromatic carbocycles. The van der Waals surface area contributed by atoms with Crippen molar-refractivity contribution in [2.75, 3.05) is 6.61 Å². The first-order valence-corrected chi connectivity index (χ1v) is 11.4. The van der Waals surface area contributed by atoms with Crippen LogP contribution >= 0.6 is 0 Å². The van der Waals surface area contributed by atoms with Gasteiger partial charge in [0.25, 0.3) is 0 Å². The van der Waals surface area contributed by atoms with Crippen molar-refractivity contribution in [3.05, 3.63) is 12.2 Å². The number of carbonyl (C=O) groups excluding carboxylic acids is 1. The Balaban J connectivity index is 3.82. The Morgan fingerprint density at radius 3 is 1.93 bits per heavy atom. The van der Waals surface area contributed by atoms with Gasteiger partial charge in [0.15, 0.2) is 0 Å². The summed E-state index contributed by atoms with van der Waals surface area (Å²) in [5.74, 6) is -0.0796. The smallest absolute Gasteiger partial charge is 0.220 e. The topological polar surface area (TPSA) is 69.6 Å². The summed E-state index contributed by atoms with van der Waals surface area (Å²) in [5.41, 5.74) is 0. The van der Waals surface area contributed by atoms with E-state index in [4.69, 9.17) is 0 Å². The molecule has 0 saturated heterocycles. The highest BCUT2D eigenvalue weighted by atomic mass is 16.3. The molecule has 0 radical (unpaired) electrons. The second kappa shape index (κ2) is 19.9. The van der Waals surface area contributed by atoms with E-state index in [9.17, 15) is 15.0 Å². The molecule has 160 valence electrons. The first-order chi connectivity index (χ1) is 13.2. The van der Waals surface area contributed by atoms with Crippen molar-refractivity contribution < 1.29 is 15.0 Å². The van der Waals surface area contributed by atoms with Crippen molar-refractivity contribution in [1.82, 2.24) is 5.32 Å². The van der Waals surface area contributed by atoms with Crippen LogP contribution < -0.4 is 5.32 Å². The zero-order valence-corrected chi connectivity index (χ0v) is 17.9. The highest BCUT2D eigenvalue weighted by molar-refractivity contribution is 5.76. The van der Waals surface area contributed by atoms with E-state index < -0.39 is 12.1 Å². The Morgan fingerprint density at radius 2 is 1.37 bits per heavy atom. The Morgan fingerprint density at radius 1 is 0.852 bits per heavy atom. The zero-order chi connectivity index (χ0) is 20.2. The number of aliphatic hydroxyl groups excluding tert-OH is 2. The molecule has 2 unspecified atom stereocenters. The number of amides is 1. The van der Waals surface area contributed by atoms with Crippen LogP contribution in [0, 0.1) is 0 Å². The average Bonchev–Trinajstić information content (AvgIpc) is 2.67. The van der Waals surface area contributed by atoms with Crippen LogP contribution in [0.2, 0.25) is 0 Å². The van der Waals surface area contributed by atoms with Crippen molar-refractivity contribution in [2.24, 2.45) is 0 Å². The lowest BCUT2D eigenvalue weighted by atomic mass is 10.1. The number of allylic oxidation sites excluding steroid dienone is 1. The highest BCUT2D eigenvalue weighted by Gasteiger charge is 2.17. The molecule has 0 heterocycles. The fourth-order valence-electron chi connectivity index (χ4n) is 3.17. The van der Waals surface area contributed by atoms with E-state index in [1.54, 1.807) is 6.08 Å². The number of rotatable bonds is 19. The van der Waals surface area contributed by atoms with Gasteiger partial charge in [-0.3, -0.25) is 4.79 Å². The standard InChI is InChI=1S/C23H45NO3/c1-3-5-7-9-11-12-13-14-16-18-22(26)21(20-25)24-23(27)19-17-15-10-8-6-4-2/h16,18,21-22,25-26H,3-15,17,19-20H2,1-2H3,(H,24,27)/b18-16+. The Bertz CT molecular complexity index is 358. The summed E-state index contributed by atoms with van der Waals surface area (Å²) < 4.78 is 0. The summed E-state index contributed by atoms with van der Waals surface area (Å²) in [4.78, 5) is 12.0. The van der Waals surface area contributed by atoms with Crippen LogP contribution in [0.4, 0.5) is 0 Å². The fourth-order valence-corrected chi connectivity index (χ4v) is 3.17. The second-order valence-corrected chi connectivity index (χ2v) is 7.70. The van der Waals surface area contributed by atoms with Crippen molar-refractivity contribution in [1.29, 1.82) is 0 Å². The number of aliphatic hydroxyl groups is 2. The number of unbranched alkanes of at least 4 members (excludes halogenated alkanes) is 12. The van der Waals surface area contributed by atoms with E-state index >= 15 is 0 Å². The molecule has 0 aromatic rings. The maximum Gasteiger partial charge on any atom is 0.220 e. The van der Waals surface area contributed by atoms with E-state index in [0.717, 1.165) is 25.7 Å². The second-order valence-electron chi connectivity index (χ2n) is 7.70. The van der Waals surface area contributed by atoms with Gasteiger partial charge in [0.1, 0.15) is 0 Å². The molecule has 2 atom stereocenters. The molecule has 0 rings (SSSR count). The third-order valence-corrected chi connectivity index (χ3v) is 5.02. The maximum absolute atomic E-state index is 12.0. The third-order valence-electron chi connectivity index (χ3n) is 5.02. The molecule has 0 aliphatic rings. The molecule has 0 saturated carbocycles. The van der Waals surface area contributed by atoms with Gasteiger partial charge in [0.2, 0.25) is 5.91 Å². The lowest BCUT2D eigenvalue weighted by Gasteiger charge is -2.20. The quantitative estimate of drug-likeness (QED) is 0.210. The summed E-state index contributed by atoms with van der Waals surface area (Å²) in [6.45, 7) is 4.18. The minimum Gasteiger partial charge on any atom is -0.394 e. The molecule has 0 fully saturated rings. The van der Waals surface area contributed by atoms with Crippen molar-refractivity contribution in [3.63, 3.8) is 0 Å². The third kappa shape index (κ3) is 17.0. The molecule has 0 aromatic heterocycles. The number of hydrogen-bond acceptors (Lipinski definition) is 3. The summed E-state index contributed by atoms with van der Waals surface area (Å²) in [5, 5.41) is 22.4. The molecule has 0 aliphatic heterocycles. The Hall–Kier alpha value is -0.870. The van der Waals surface area contributed by atoms with E-state index in [2.05, 4.69) is 19.2 Å². The SMILES string of the molecule is CCCCCCCCC/C=C/C(O)C(CO)NC(=O)CCCCCCCC. The van der Waals surface area contributed by atoms with Crippen LogP contribution in [0.25, 0.3) is 0 Å². The lowest BCUT2D eigenvalue weighted by Crippen LogP contribution is -2.45. The summed E-state index contributed by atoms with van der Waals surface area (Å²) in [7, 11) is 0. The van der Waals surface area contributed by atoms with Gasteiger partial charge in [-0.2, -0.15) is 0 Å². The molecule has 3 N–H and O–H groups in total. The molecule has 4 heteroatoms. The Labute approximate surface area is 167 Å². The molecule has 0 aliphatic carbocycles. The van der Waals surface area contributed by atoms with Crippen LogP contribution in [0.5, 0.6) is 0 Å². The minimum atomic E-state index is -0.826. The maximum atomic E-state index is 12.0. The predicted octanol–water partition coefficient (Wildman–Crippen LogP) is 5.27. The molecule has 0 bridgehead atoms.